The van der Waals surface area contributed by atoms with E-state index in [4.69, 9.17) is 19.2 Å². The second kappa shape index (κ2) is 13.8. The van der Waals surface area contributed by atoms with Crippen LogP contribution in [0.3, 0.4) is 0 Å². The first-order chi connectivity index (χ1) is 21.6. The minimum absolute atomic E-state index is 0.243. The first kappa shape index (κ1) is 29.5. The SMILES string of the molecule is CCCCn1c(-c2ccccc2)nc(-c2ccc(F)cc2)c1CN(Cc1cccc(OCC)c1)Cc1ccc2c(c1)OCO2. The van der Waals surface area contributed by atoms with Gasteiger partial charge in [-0.15, -0.1) is 0 Å². The van der Waals surface area contributed by atoms with Gasteiger partial charge in [0.2, 0.25) is 6.79 Å². The number of hydrogen-bond acceptors (Lipinski definition) is 5. The van der Waals surface area contributed by atoms with Crippen molar-refractivity contribution in [2.24, 2.45) is 0 Å². The van der Waals surface area contributed by atoms with E-state index in [1.807, 2.05) is 55.5 Å². The number of benzene rings is 4. The lowest BCUT2D eigenvalue weighted by Crippen LogP contribution is -2.24. The van der Waals surface area contributed by atoms with E-state index in [-0.39, 0.29) is 12.6 Å². The molecule has 0 amide bonds. The molecule has 0 saturated heterocycles. The molecule has 0 spiro atoms. The fraction of sp³-hybridized carbons (Fsp3) is 0.270. The maximum atomic E-state index is 14.0. The molecule has 1 aliphatic rings. The maximum Gasteiger partial charge on any atom is 0.231 e. The number of rotatable bonds is 13. The second-order valence-electron chi connectivity index (χ2n) is 11.0. The van der Waals surface area contributed by atoms with Gasteiger partial charge in [0.15, 0.2) is 11.5 Å². The number of nitrogens with zero attached hydrogens (tertiary/aromatic N) is 3. The summed E-state index contributed by atoms with van der Waals surface area (Å²) in [6.45, 7) is 7.90. The van der Waals surface area contributed by atoms with Gasteiger partial charge in [-0.3, -0.25) is 4.90 Å². The van der Waals surface area contributed by atoms with Crippen molar-refractivity contribution in [1.82, 2.24) is 14.5 Å². The molecule has 2 heterocycles. The standard InChI is InChI=1S/C37H38FN3O3/c1-3-5-20-41-33(36(29-15-17-31(38)18-16-29)39-37(41)30-11-7-6-8-12-30)25-40(23-27-10-9-13-32(21-27)42-4-2)24-28-14-19-34-35(22-28)44-26-43-34/h6-19,21-22H,3-5,20,23-26H2,1-2H3. The number of hydrogen-bond donors (Lipinski definition) is 0. The summed E-state index contributed by atoms with van der Waals surface area (Å²) < 4.78 is 33.5. The fourth-order valence-electron chi connectivity index (χ4n) is 5.69. The fourth-order valence-corrected chi connectivity index (χ4v) is 5.69. The highest BCUT2D eigenvalue weighted by molar-refractivity contribution is 5.68. The third-order valence-electron chi connectivity index (χ3n) is 7.79. The summed E-state index contributed by atoms with van der Waals surface area (Å²) in [5.74, 6) is 3.07. The Kier molecular flexibility index (Phi) is 9.22. The smallest absolute Gasteiger partial charge is 0.231 e. The van der Waals surface area contributed by atoms with E-state index in [1.165, 1.54) is 12.1 Å². The summed E-state index contributed by atoms with van der Waals surface area (Å²) in [7, 11) is 0. The molecule has 4 aromatic carbocycles. The Morgan fingerprint density at radius 2 is 1.57 bits per heavy atom. The lowest BCUT2D eigenvalue weighted by Gasteiger charge is -2.25. The second-order valence-corrected chi connectivity index (χ2v) is 11.0. The molecule has 0 saturated carbocycles. The number of fused-ring (bicyclic) bond motifs is 1. The molecule has 7 heteroatoms. The highest BCUT2D eigenvalue weighted by atomic mass is 19.1. The molecule has 1 aliphatic heterocycles. The van der Waals surface area contributed by atoms with Gasteiger partial charge in [0, 0.05) is 37.3 Å². The van der Waals surface area contributed by atoms with Gasteiger partial charge in [-0.05, 0) is 73.0 Å². The Labute approximate surface area is 258 Å². The number of imidazole rings is 1. The zero-order chi connectivity index (χ0) is 30.3. The Bertz CT molecular complexity index is 1680. The quantitative estimate of drug-likeness (QED) is 0.137. The first-order valence-electron chi connectivity index (χ1n) is 15.3. The summed E-state index contributed by atoms with van der Waals surface area (Å²) in [6, 6.07) is 31.4. The highest BCUT2D eigenvalue weighted by Crippen LogP contribution is 2.35. The van der Waals surface area contributed by atoms with Gasteiger partial charge < -0.3 is 18.8 Å². The van der Waals surface area contributed by atoms with E-state index in [0.29, 0.717) is 26.2 Å². The minimum atomic E-state index is -0.261. The van der Waals surface area contributed by atoms with Crippen molar-refractivity contribution in [3.63, 3.8) is 0 Å². The van der Waals surface area contributed by atoms with E-state index in [0.717, 1.165) is 76.1 Å². The average molecular weight is 592 g/mol. The molecule has 0 unspecified atom stereocenters. The van der Waals surface area contributed by atoms with Crippen molar-refractivity contribution in [2.45, 2.75) is 52.9 Å². The van der Waals surface area contributed by atoms with Crippen LogP contribution < -0.4 is 14.2 Å². The largest absolute Gasteiger partial charge is 0.494 e. The van der Waals surface area contributed by atoms with Crippen molar-refractivity contribution in [2.75, 3.05) is 13.4 Å². The molecule has 1 aromatic heterocycles. The van der Waals surface area contributed by atoms with Crippen molar-refractivity contribution in [1.29, 1.82) is 0 Å². The summed E-state index contributed by atoms with van der Waals surface area (Å²) in [4.78, 5) is 7.66. The maximum absolute atomic E-state index is 14.0. The molecule has 6 nitrogen and oxygen atoms in total. The summed E-state index contributed by atoms with van der Waals surface area (Å²) in [5.41, 5.74) is 6.22. The van der Waals surface area contributed by atoms with Crippen LogP contribution in [0, 0.1) is 5.82 Å². The molecule has 0 radical (unpaired) electrons. The van der Waals surface area contributed by atoms with Gasteiger partial charge in [0.05, 0.1) is 18.0 Å². The van der Waals surface area contributed by atoms with Crippen LogP contribution in [-0.4, -0.2) is 27.9 Å². The van der Waals surface area contributed by atoms with Gasteiger partial charge >= 0.3 is 0 Å². The lowest BCUT2D eigenvalue weighted by atomic mass is 10.1. The first-order valence-corrected chi connectivity index (χ1v) is 15.3. The molecule has 226 valence electrons. The van der Waals surface area contributed by atoms with Gasteiger partial charge in [0.1, 0.15) is 17.4 Å². The third-order valence-corrected chi connectivity index (χ3v) is 7.79. The molecular weight excluding hydrogens is 553 g/mol. The van der Waals surface area contributed by atoms with E-state index in [1.54, 1.807) is 0 Å². The molecule has 0 aliphatic carbocycles. The van der Waals surface area contributed by atoms with Crippen LogP contribution in [0.15, 0.2) is 97.1 Å². The van der Waals surface area contributed by atoms with Gasteiger partial charge in [0.25, 0.3) is 0 Å². The Morgan fingerprint density at radius 1 is 0.795 bits per heavy atom. The molecular formula is C37H38FN3O3. The Hall–Kier alpha value is -4.62. The molecule has 0 N–H and O–H groups in total. The van der Waals surface area contributed by atoms with Crippen LogP contribution in [-0.2, 0) is 26.2 Å². The van der Waals surface area contributed by atoms with Crippen LogP contribution in [0.25, 0.3) is 22.6 Å². The highest BCUT2D eigenvalue weighted by Gasteiger charge is 2.23. The number of unbranched alkanes of at least 4 members (excludes halogenated alkanes) is 1. The molecule has 5 aromatic rings. The summed E-state index contributed by atoms with van der Waals surface area (Å²) in [6.07, 6.45) is 2.08. The number of halogens is 1. The van der Waals surface area contributed by atoms with Gasteiger partial charge in [-0.2, -0.15) is 0 Å². The van der Waals surface area contributed by atoms with Crippen LogP contribution in [0.5, 0.6) is 17.2 Å². The zero-order valence-electron chi connectivity index (χ0n) is 25.3. The van der Waals surface area contributed by atoms with Gasteiger partial charge in [-0.1, -0.05) is 61.9 Å². The predicted molar refractivity (Wildman–Crippen MR) is 171 cm³/mol. The third kappa shape index (κ3) is 6.79. The average Bonchev–Trinajstić information content (AvgIpc) is 3.65. The normalized spacial score (nSPS) is 12.2. The Morgan fingerprint density at radius 3 is 2.34 bits per heavy atom. The predicted octanol–water partition coefficient (Wildman–Crippen LogP) is 8.49. The number of ether oxygens (including phenoxy) is 3. The molecule has 0 bridgehead atoms. The monoisotopic (exact) mass is 591 g/mol. The minimum Gasteiger partial charge on any atom is -0.494 e. The lowest BCUT2D eigenvalue weighted by molar-refractivity contribution is 0.174. The molecule has 6 rings (SSSR count). The zero-order valence-corrected chi connectivity index (χ0v) is 25.3. The van der Waals surface area contributed by atoms with Crippen molar-refractivity contribution in [3.8, 4) is 39.9 Å². The van der Waals surface area contributed by atoms with E-state index in [9.17, 15) is 4.39 Å². The van der Waals surface area contributed by atoms with Crippen molar-refractivity contribution < 1.29 is 18.6 Å². The van der Waals surface area contributed by atoms with Crippen molar-refractivity contribution >= 4 is 0 Å². The van der Waals surface area contributed by atoms with E-state index < -0.39 is 0 Å². The summed E-state index contributed by atoms with van der Waals surface area (Å²) >= 11 is 0. The van der Waals surface area contributed by atoms with Gasteiger partial charge in [-0.25, -0.2) is 9.37 Å². The number of aromatic nitrogens is 2. The summed E-state index contributed by atoms with van der Waals surface area (Å²) in [5, 5.41) is 0. The van der Waals surface area contributed by atoms with Crippen molar-refractivity contribution in [3.05, 3.63) is 120 Å². The Balaban J connectivity index is 1.44. The van der Waals surface area contributed by atoms with E-state index in [2.05, 4.69) is 52.8 Å². The van der Waals surface area contributed by atoms with E-state index >= 15 is 0 Å². The van der Waals surface area contributed by atoms with Crippen LogP contribution in [0.4, 0.5) is 4.39 Å². The topological polar surface area (TPSA) is 48.8 Å². The molecule has 44 heavy (non-hydrogen) atoms. The van der Waals surface area contributed by atoms with Crippen LogP contribution >= 0.6 is 0 Å². The molecule has 0 atom stereocenters. The van der Waals surface area contributed by atoms with Crippen LogP contribution in [0.2, 0.25) is 0 Å². The van der Waals surface area contributed by atoms with Crippen LogP contribution in [0.1, 0.15) is 43.5 Å². The molecule has 0 fully saturated rings.